The van der Waals surface area contributed by atoms with E-state index in [1.54, 1.807) is 26.0 Å². The van der Waals surface area contributed by atoms with E-state index in [1.165, 1.54) is 12.1 Å². The lowest BCUT2D eigenvalue weighted by Gasteiger charge is -2.24. The average Bonchev–Trinajstić information content (AvgIpc) is 2.60. The van der Waals surface area contributed by atoms with E-state index < -0.39 is 5.60 Å². The van der Waals surface area contributed by atoms with Crippen LogP contribution in [0.2, 0.25) is 0 Å². The Balaban J connectivity index is 1.80. The fourth-order valence-corrected chi connectivity index (χ4v) is 2.71. The number of amides is 1. The van der Waals surface area contributed by atoms with Crippen LogP contribution in [0.1, 0.15) is 28.5 Å². The quantitative estimate of drug-likeness (QED) is 0.767. The monoisotopic (exact) mass is 338 g/mol. The zero-order chi connectivity index (χ0) is 18.0. The van der Waals surface area contributed by atoms with E-state index in [0.29, 0.717) is 22.2 Å². The van der Waals surface area contributed by atoms with E-state index in [9.17, 15) is 14.3 Å². The van der Waals surface area contributed by atoms with Gasteiger partial charge in [0.2, 0.25) is 0 Å². The summed E-state index contributed by atoms with van der Waals surface area (Å²) in [6.07, 6.45) is 0. The first-order chi connectivity index (χ1) is 11.9. The Hall–Kier alpha value is -2.79. The molecule has 1 unspecified atom stereocenters. The van der Waals surface area contributed by atoms with Gasteiger partial charge < -0.3 is 10.4 Å². The van der Waals surface area contributed by atoms with Crippen molar-refractivity contribution in [1.82, 2.24) is 10.3 Å². The highest BCUT2D eigenvalue weighted by atomic mass is 19.1. The summed E-state index contributed by atoms with van der Waals surface area (Å²) in [5, 5.41) is 14.0. The summed E-state index contributed by atoms with van der Waals surface area (Å²) >= 11 is 0. The van der Waals surface area contributed by atoms with Gasteiger partial charge in [0.25, 0.3) is 5.91 Å². The molecule has 1 heterocycles. The third kappa shape index (κ3) is 3.67. The van der Waals surface area contributed by atoms with Gasteiger partial charge in [-0.3, -0.25) is 9.78 Å². The first kappa shape index (κ1) is 17.0. The van der Waals surface area contributed by atoms with E-state index >= 15 is 0 Å². The second kappa shape index (κ2) is 6.61. The summed E-state index contributed by atoms with van der Waals surface area (Å²) < 4.78 is 13.3. The topological polar surface area (TPSA) is 62.2 Å². The molecule has 128 valence electrons. The number of hydrogen-bond donors (Lipinski definition) is 2. The van der Waals surface area contributed by atoms with Crippen LogP contribution in [0.15, 0.2) is 54.6 Å². The summed E-state index contributed by atoms with van der Waals surface area (Å²) in [7, 11) is 0. The van der Waals surface area contributed by atoms with E-state index in [1.807, 2.05) is 30.3 Å². The van der Waals surface area contributed by atoms with E-state index in [2.05, 4.69) is 10.3 Å². The molecule has 0 saturated heterocycles. The van der Waals surface area contributed by atoms with Crippen LogP contribution in [0.4, 0.5) is 4.39 Å². The molecule has 0 fully saturated rings. The first-order valence-electron chi connectivity index (χ1n) is 8.00. The average molecular weight is 338 g/mol. The molecule has 3 rings (SSSR count). The van der Waals surface area contributed by atoms with Gasteiger partial charge in [0, 0.05) is 11.5 Å². The Morgan fingerprint density at radius 3 is 2.64 bits per heavy atom. The normalized spacial score (nSPS) is 13.4. The third-order valence-electron chi connectivity index (χ3n) is 4.20. The summed E-state index contributed by atoms with van der Waals surface area (Å²) in [5.41, 5.74) is 0.959. The van der Waals surface area contributed by atoms with E-state index in [0.717, 1.165) is 5.56 Å². The van der Waals surface area contributed by atoms with Gasteiger partial charge >= 0.3 is 0 Å². The van der Waals surface area contributed by atoms with Crippen molar-refractivity contribution in [3.8, 4) is 0 Å². The Labute approximate surface area is 145 Å². The van der Waals surface area contributed by atoms with Crippen LogP contribution in [0.3, 0.4) is 0 Å². The van der Waals surface area contributed by atoms with Crippen molar-refractivity contribution in [2.75, 3.05) is 6.54 Å². The smallest absolute Gasteiger partial charge is 0.253 e. The van der Waals surface area contributed by atoms with Gasteiger partial charge in [0.1, 0.15) is 11.4 Å². The number of hydrogen-bond acceptors (Lipinski definition) is 3. The maximum Gasteiger partial charge on any atom is 0.253 e. The lowest BCUT2D eigenvalue weighted by Crippen LogP contribution is -2.38. The zero-order valence-corrected chi connectivity index (χ0v) is 14.1. The molecular weight excluding hydrogens is 319 g/mol. The standard InChI is InChI=1S/C20H19FN2O2/c1-13-17(10-14-8-9-16(21)11-18(14)23-13)19(24)22-12-20(2,25)15-6-4-3-5-7-15/h3-11,25H,12H2,1-2H3,(H,22,24). The fraction of sp³-hybridized carbons (Fsp3) is 0.200. The Morgan fingerprint density at radius 1 is 1.20 bits per heavy atom. The SMILES string of the molecule is Cc1nc2cc(F)ccc2cc1C(=O)NCC(C)(O)c1ccccc1. The highest BCUT2D eigenvalue weighted by molar-refractivity contribution is 5.98. The van der Waals surface area contributed by atoms with Gasteiger partial charge in [-0.05, 0) is 37.6 Å². The maximum atomic E-state index is 13.3. The molecule has 0 aliphatic rings. The van der Waals surface area contributed by atoms with Crippen molar-refractivity contribution in [3.63, 3.8) is 0 Å². The van der Waals surface area contributed by atoms with Gasteiger partial charge in [-0.1, -0.05) is 30.3 Å². The molecule has 0 spiro atoms. The number of aromatic nitrogens is 1. The molecule has 1 aromatic heterocycles. The molecule has 0 saturated carbocycles. The van der Waals surface area contributed by atoms with Gasteiger partial charge in [-0.25, -0.2) is 4.39 Å². The second-order valence-corrected chi connectivity index (χ2v) is 6.28. The van der Waals surface area contributed by atoms with Crippen molar-refractivity contribution in [1.29, 1.82) is 0 Å². The second-order valence-electron chi connectivity index (χ2n) is 6.28. The number of nitrogens with one attached hydrogen (secondary N) is 1. The number of carbonyl (C=O) groups excluding carboxylic acids is 1. The number of nitrogens with zero attached hydrogens (tertiary/aromatic N) is 1. The molecular formula is C20H19FN2O2. The summed E-state index contributed by atoms with van der Waals surface area (Å²) in [6, 6.07) is 15.1. The van der Waals surface area contributed by atoms with Gasteiger partial charge in [-0.15, -0.1) is 0 Å². The van der Waals surface area contributed by atoms with Crippen molar-refractivity contribution in [2.45, 2.75) is 19.4 Å². The van der Waals surface area contributed by atoms with E-state index in [4.69, 9.17) is 0 Å². The van der Waals surface area contributed by atoms with Crippen molar-refractivity contribution < 1.29 is 14.3 Å². The predicted octanol–water partition coefficient (Wildman–Crippen LogP) is 3.32. The summed E-state index contributed by atoms with van der Waals surface area (Å²) in [4.78, 5) is 16.8. The lowest BCUT2D eigenvalue weighted by atomic mass is 9.96. The predicted molar refractivity (Wildman–Crippen MR) is 94.8 cm³/mol. The highest BCUT2D eigenvalue weighted by Gasteiger charge is 2.24. The van der Waals surface area contributed by atoms with Crippen molar-refractivity contribution in [2.24, 2.45) is 0 Å². The Kier molecular flexibility index (Phi) is 4.51. The van der Waals surface area contributed by atoms with E-state index in [-0.39, 0.29) is 18.3 Å². The molecule has 1 amide bonds. The fourth-order valence-electron chi connectivity index (χ4n) is 2.71. The number of carbonyl (C=O) groups is 1. The number of benzene rings is 2. The Bertz CT molecular complexity index is 924. The highest BCUT2D eigenvalue weighted by Crippen LogP contribution is 2.20. The molecule has 2 aromatic carbocycles. The molecule has 0 aliphatic carbocycles. The van der Waals surface area contributed by atoms with Gasteiger partial charge in [0.15, 0.2) is 0 Å². The van der Waals surface area contributed by atoms with Crippen LogP contribution in [0.25, 0.3) is 10.9 Å². The molecule has 5 heteroatoms. The molecule has 4 nitrogen and oxygen atoms in total. The number of halogens is 1. The van der Waals surface area contributed by atoms with Crippen LogP contribution < -0.4 is 5.32 Å². The molecule has 0 aliphatic heterocycles. The minimum Gasteiger partial charge on any atom is -0.384 e. The molecule has 25 heavy (non-hydrogen) atoms. The van der Waals surface area contributed by atoms with Crippen molar-refractivity contribution >= 4 is 16.8 Å². The minimum atomic E-state index is -1.18. The van der Waals surface area contributed by atoms with Gasteiger partial charge in [0.05, 0.1) is 23.3 Å². The lowest BCUT2D eigenvalue weighted by molar-refractivity contribution is 0.0526. The van der Waals surface area contributed by atoms with Crippen LogP contribution in [-0.2, 0) is 5.60 Å². The number of rotatable bonds is 4. The first-order valence-corrected chi connectivity index (χ1v) is 8.00. The van der Waals surface area contributed by atoms with Gasteiger partial charge in [-0.2, -0.15) is 0 Å². The summed E-state index contributed by atoms with van der Waals surface area (Å²) in [5.74, 6) is -0.692. The molecule has 1 atom stereocenters. The molecule has 0 bridgehead atoms. The van der Waals surface area contributed by atoms with Crippen LogP contribution in [0.5, 0.6) is 0 Å². The zero-order valence-electron chi connectivity index (χ0n) is 14.1. The number of pyridine rings is 1. The van der Waals surface area contributed by atoms with Crippen LogP contribution in [0, 0.1) is 12.7 Å². The minimum absolute atomic E-state index is 0.0662. The molecule has 2 N–H and O–H groups in total. The van der Waals surface area contributed by atoms with Crippen molar-refractivity contribution in [3.05, 3.63) is 77.2 Å². The summed E-state index contributed by atoms with van der Waals surface area (Å²) in [6.45, 7) is 3.42. The largest absolute Gasteiger partial charge is 0.384 e. The maximum absolute atomic E-state index is 13.3. The number of fused-ring (bicyclic) bond motifs is 1. The van der Waals surface area contributed by atoms with Crippen LogP contribution >= 0.6 is 0 Å². The van der Waals surface area contributed by atoms with Crippen LogP contribution in [-0.4, -0.2) is 22.5 Å². The number of aryl methyl sites for hydroxylation is 1. The molecule has 3 aromatic rings. The number of aliphatic hydroxyl groups is 1. The molecule has 0 radical (unpaired) electrons. The third-order valence-corrected chi connectivity index (χ3v) is 4.20. The Morgan fingerprint density at radius 2 is 1.92 bits per heavy atom.